The molecule has 1 rings (SSSR count). The van der Waals surface area contributed by atoms with Gasteiger partial charge in [0.1, 0.15) is 0 Å². The van der Waals surface area contributed by atoms with Gasteiger partial charge in [-0.25, -0.2) is 0 Å². The van der Waals surface area contributed by atoms with Crippen LogP contribution >= 0.6 is 0 Å². The van der Waals surface area contributed by atoms with Crippen LogP contribution in [0.1, 0.15) is 39.5 Å². The van der Waals surface area contributed by atoms with Crippen molar-refractivity contribution in [3.8, 4) is 0 Å². The van der Waals surface area contributed by atoms with Gasteiger partial charge < -0.3 is 0 Å². The van der Waals surface area contributed by atoms with Crippen molar-refractivity contribution >= 4 is 0 Å². The summed E-state index contributed by atoms with van der Waals surface area (Å²) in [5, 5.41) is 0. The molecule has 1 unspecified atom stereocenters. The van der Waals surface area contributed by atoms with Crippen LogP contribution in [0.2, 0.25) is 0 Å². The summed E-state index contributed by atoms with van der Waals surface area (Å²) in [5.41, 5.74) is 3.09. The third kappa shape index (κ3) is 2.21. The minimum atomic E-state index is 0.724. The molecule has 0 aliphatic heterocycles. The van der Waals surface area contributed by atoms with E-state index in [4.69, 9.17) is 0 Å². The van der Waals surface area contributed by atoms with E-state index in [1.807, 2.05) is 0 Å². The van der Waals surface area contributed by atoms with E-state index in [2.05, 4.69) is 26.5 Å². The van der Waals surface area contributed by atoms with Gasteiger partial charge in [-0.1, -0.05) is 37.6 Å². The number of hydrogen-bond acceptors (Lipinski definition) is 0. The predicted molar refractivity (Wildman–Crippen MR) is 50.5 cm³/mol. The maximum absolute atomic E-state index is 4.06. The first-order valence-corrected chi connectivity index (χ1v) is 4.59. The Kier molecular flexibility index (Phi) is 2.92. The molecule has 0 radical (unpaired) electrons. The van der Waals surface area contributed by atoms with Crippen LogP contribution < -0.4 is 0 Å². The van der Waals surface area contributed by atoms with Gasteiger partial charge in [-0.2, -0.15) is 0 Å². The molecule has 1 saturated carbocycles. The fraction of sp³-hybridized carbons (Fsp3) is 0.636. The average Bonchev–Trinajstić information content (AvgIpc) is 1.98. The van der Waals surface area contributed by atoms with Crippen molar-refractivity contribution in [2.45, 2.75) is 39.5 Å². The Morgan fingerprint density at radius 1 is 1.55 bits per heavy atom. The molecule has 1 fully saturated rings. The summed E-state index contributed by atoms with van der Waals surface area (Å²) in [4.78, 5) is 0. The summed E-state index contributed by atoms with van der Waals surface area (Å²) in [7, 11) is 0. The first-order chi connectivity index (χ1) is 5.24. The Labute approximate surface area is 70.0 Å². The monoisotopic (exact) mass is 150 g/mol. The Bertz CT molecular complexity index is 174. The van der Waals surface area contributed by atoms with Crippen LogP contribution in [-0.4, -0.2) is 0 Å². The van der Waals surface area contributed by atoms with Gasteiger partial charge in [-0.3, -0.25) is 0 Å². The normalized spacial score (nSPS) is 29.5. The van der Waals surface area contributed by atoms with Crippen LogP contribution in [-0.2, 0) is 0 Å². The minimum Gasteiger partial charge on any atom is -0.0996 e. The van der Waals surface area contributed by atoms with Crippen molar-refractivity contribution in [1.29, 1.82) is 0 Å². The molecule has 0 aromatic rings. The van der Waals surface area contributed by atoms with Gasteiger partial charge in [0.25, 0.3) is 0 Å². The minimum absolute atomic E-state index is 0.724. The fourth-order valence-electron chi connectivity index (χ4n) is 1.68. The third-order valence-corrected chi connectivity index (χ3v) is 2.53. The molecule has 0 spiro atoms. The van der Waals surface area contributed by atoms with Gasteiger partial charge in [-0.05, 0) is 31.6 Å². The van der Waals surface area contributed by atoms with Crippen LogP contribution in [0, 0.1) is 5.92 Å². The third-order valence-electron chi connectivity index (χ3n) is 2.53. The lowest BCUT2D eigenvalue weighted by Gasteiger charge is -2.23. The summed E-state index contributed by atoms with van der Waals surface area (Å²) in [6.45, 7) is 8.55. The smallest absolute Gasteiger partial charge is 0.0197 e. The molecule has 0 heterocycles. The number of rotatable bonds is 1. The number of allylic oxidation sites excluding steroid dienone is 3. The molecule has 0 bridgehead atoms. The summed E-state index contributed by atoms with van der Waals surface area (Å²) in [5.74, 6) is 0.724. The van der Waals surface area contributed by atoms with Gasteiger partial charge in [0.15, 0.2) is 0 Å². The zero-order valence-corrected chi connectivity index (χ0v) is 7.69. The van der Waals surface area contributed by atoms with Gasteiger partial charge in [0, 0.05) is 0 Å². The van der Waals surface area contributed by atoms with E-state index in [0.29, 0.717) is 0 Å². The van der Waals surface area contributed by atoms with Crippen molar-refractivity contribution in [1.82, 2.24) is 0 Å². The maximum Gasteiger partial charge on any atom is -0.0197 e. The van der Waals surface area contributed by atoms with E-state index in [9.17, 15) is 0 Å². The Balaban J connectivity index is 2.52. The van der Waals surface area contributed by atoms with Crippen LogP contribution in [0.4, 0.5) is 0 Å². The van der Waals surface area contributed by atoms with Crippen molar-refractivity contribution in [2.24, 2.45) is 5.92 Å². The number of hydrogen-bond donors (Lipinski definition) is 0. The molecule has 0 N–H and O–H groups in total. The lowest BCUT2D eigenvalue weighted by Crippen LogP contribution is -2.07. The molecule has 0 nitrogen and oxygen atoms in total. The molecule has 0 heteroatoms. The topological polar surface area (TPSA) is 0 Å². The molecular formula is C11H18. The van der Waals surface area contributed by atoms with Gasteiger partial charge in [0.05, 0.1) is 0 Å². The van der Waals surface area contributed by atoms with Crippen molar-refractivity contribution in [3.05, 3.63) is 23.8 Å². The van der Waals surface area contributed by atoms with E-state index >= 15 is 0 Å². The van der Waals surface area contributed by atoms with E-state index < -0.39 is 0 Å². The molecule has 62 valence electrons. The van der Waals surface area contributed by atoms with Gasteiger partial charge in [-0.15, -0.1) is 0 Å². The zero-order valence-electron chi connectivity index (χ0n) is 7.69. The van der Waals surface area contributed by atoms with Crippen molar-refractivity contribution in [2.75, 3.05) is 0 Å². The predicted octanol–water partition coefficient (Wildman–Crippen LogP) is 3.70. The molecule has 0 amide bonds. The maximum atomic E-state index is 4.06. The summed E-state index contributed by atoms with van der Waals surface area (Å²) in [6.07, 6.45) is 7.30. The molecule has 0 aromatic heterocycles. The largest absolute Gasteiger partial charge is 0.0996 e. The molecular weight excluding hydrogens is 132 g/mol. The highest BCUT2D eigenvalue weighted by atomic mass is 14.2. The van der Waals surface area contributed by atoms with E-state index in [-0.39, 0.29) is 0 Å². The highest BCUT2D eigenvalue weighted by Gasteiger charge is 2.14. The summed E-state index contributed by atoms with van der Waals surface area (Å²) in [6, 6.07) is 0. The quantitative estimate of drug-likeness (QED) is 0.500. The van der Waals surface area contributed by atoms with Gasteiger partial charge in [0.2, 0.25) is 0 Å². The fourth-order valence-corrected chi connectivity index (χ4v) is 1.68. The standard InChI is InChI=1S/C11H18/c1-4-5-11-7-6-9(2)10(3)8-11/h5,10H,2,4,6-8H2,1,3H3. The second-order valence-corrected chi connectivity index (χ2v) is 3.53. The lowest BCUT2D eigenvalue weighted by atomic mass is 9.83. The van der Waals surface area contributed by atoms with Crippen LogP contribution in [0.3, 0.4) is 0 Å². The molecule has 0 saturated heterocycles. The van der Waals surface area contributed by atoms with Crippen molar-refractivity contribution < 1.29 is 0 Å². The van der Waals surface area contributed by atoms with E-state index in [1.165, 1.54) is 31.3 Å². The molecule has 0 aromatic carbocycles. The molecule has 1 atom stereocenters. The summed E-state index contributed by atoms with van der Waals surface area (Å²) >= 11 is 0. The first kappa shape index (κ1) is 8.58. The van der Waals surface area contributed by atoms with Crippen molar-refractivity contribution in [3.63, 3.8) is 0 Å². The molecule has 1 aliphatic carbocycles. The lowest BCUT2D eigenvalue weighted by molar-refractivity contribution is 0.574. The van der Waals surface area contributed by atoms with Crippen LogP contribution in [0.15, 0.2) is 23.8 Å². The SMILES string of the molecule is C=C1CCC(=CCC)CC1C. The van der Waals surface area contributed by atoms with E-state index in [1.54, 1.807) is 5.57 Å². The average molecular weight is 150 g/mol. The first-order valence-electron chi connectivity index (χ1n) is 4.59. The molecule has 11 heavy (non-hydrogen) atoms. The van der Waals surface area contributed by atoms with Crippen LogP contribution in [0.5, 0.6) is 0 Å². The Morgan fingerprint density at radius 2 is 2.27 bits per heavy atom. The van der Waals surface area contributed by atoms with Gasteiger partial charge >= 0.3 is 0 Å². The summed E-state index contributed by atoms with van der Waals surface area (Å²) < 4.78 is 0. The molecule has 1 aliphatic rings. The zero-order chi connectivity index (χ0) is 8.27. The Morgan fingerprint density at radius 3 is 2.82 bits per heavy atom. The second kappa shape index (κ2) is 3.75. The Hall–Kier alpha value is -0.520. The highest BCUT2D eigenvalue weighted by molar-refractivity contribution is 5.16. The highest BCUT2D eigenvalue weighted by Crippen LogP contribution is 2.31. The van der Waals surface area contributed by atoms with Crippen LogP contribution in [0.25, 0.3) is 0 Å². The van der Waals surface area contributed by atoms with E-state index in [0.717, 1.165) is 5.92 Å². The second-order valence-electron chi connectivity index (χ2n) is 3.53.